The summed E-state index contributed by atoms with van der Waals surface area (Å²) in [6, 6.07) is 16.5. The first-order valence-corrected chi connectivity index (χ1v) is 13.8. The molecule has 3 aromatic rings. The molecule has 0 radical (unpaired) electrons. The summed E-state index contributed by atoms with van der Waals surface area (Å²) in [5, 5.41) is 0. The van der Waals surface area contributed by atoms with Gasteiger partial charge in [-0.3, -0.25) is 0 Å². The fourth-order valence-corrected chi connectivity index (χ4v) is 3.51. The number of carbonyl (C=O) groups is 4. The van der Waals surface area contributed by atoms with E-state index in [-0.39, 0.29) is 28.2 Å². The lowest BCUT2D eigenvalue weighted by atomic mass is 10.0. The van der Waals surface area contributed by atoms with Gasteiger partial charge in [0.1, 0.15) is 23.0 Å². The Balaban J connectivity index is 2.10. The molecule has 3 rings (SSSR count). The molecular formula is C37H34O8. The van der Waals surface area contributed by atoms with Gasteiger partial charge in [-0.25, -0.2) is 19.2 Å². The first-order valence-electron chi connectivity index (χ1n) is 13.8. The number of hydrogen-bond donors (Lipinski definition) is 0. The molecule has 0 aliphatic carbocycles. The highest BCUT2D eigenvalue weighted by Crippen LogP contribution is 2.39. The van der Waals surface area contributed by atoms with Crippen LogP contribution in [-0.2, 0) is 19.2 Å². The van der Waals surface area contributed by atoms with Crippen LogP contribution in [0.5, 0.6) is 23.0 Å². The van der Waals surface area contributed by atoms with E-state index in [0.717, 1.165) is 5.56 Å². The summed E-state index contributed by atoms with van der Waals surface area (Å²) >= 11 is 0. The highest BCUT2D eigenvalue weighted by Gasteiger charge is 2.19. The quantitative estimate of drug-likeness (QED) is 0.0941. The predicted octanol–water partition coefficient (Wildman–Crippen LogP) is 7.84. The van der Waals surface area contributed by atoms with E-state index < -0.39 is 23.9 Å². The van der Waals surface area contributed by atoms with Crippen molar-refractivity contribution in [2.24, 2.45) is 0 Å². The van der Waals surface area contributed by atoms with Crippen molar-refractivity contribution >= 4 is 36.0 Å². The molecule has 0 heterocycles. The standard InChI is InChI=1S/C37H34O8/c1-9-25(8)37(41)45-33-20-28(13-10-26-11-16-29(17-12-26)42-34(38)22(2)3)32(44-36(40)24(6)7)21-31(33)27-14-18-30(19-15-27)43-35(39)23(4)5/h9-21H,2,4,6H2,1,3,5,7-8H3/b13-10+,25-9-. The Kier molecular flexibility index (Phi) is 11.3. The van der Waals surface area contributed by atoms with E-state index in [1.807, 2.05) is 0 Å². The number of benzene rings is 3. The summed E-state index contributed by atoms with van der Waals surface area (Å²) in [7, 11) is 0. The van der Waals surface area contributed by atoms with Gasteiger partial charge in [0.2, 0.25) is 0 Å². The highest BCUT2D eigenvalue weighted by molar-refractivity contribution is 5.93. The number of allylic oxidation sites excluding steroid dienone is 1. The largest absolute Gasteiger partial charge is 0.423 e. The minimum absolute atomic E-state index is 0.182. The summed E-state index contributed by atoms with van der Waals surface area (Å²) in [5.74, 6) is -1.26. The molecule has 0 fully saturated rings. The molecule has 45 heavy (non-hydrogen) atoms. The van der Waals surface area contributed by atoms with Gasteiger partial charge in [-0.05, 0) is 82.1 Å². The van der Waals surface area contributed by atoms with Gasteiger partial charge >= 0.3 is 23.9 Å². The molecule has 0 N–H and O–H groups in total. The Hall–Kier alpha value is -5.76. The van der Waals surface area contributed by atoms with Gasteiger partial charge in [0, 0.05) is 33.4 Å². The number of esters is 4. The Morgan fingerprint density at radius 1 is 0.578 bits per heavy atom. The molecule has 230 valence electrons. The minimum Gasteiger partial charge on any atom is -0.423 e. The molecular weight excluding hydrogens is 572 g/mol. The average molecular weight is 607 g/mol. The molecule has 0 amide bonds. The SMILES string of the molecule is C=C(C)C(=O)Oc1ccc(/C=C/c2cc(OC(=O)/C(C)=C\C)c(-c3ccc(OC(=O)C(=C)C)cc3)cc2OC(=O)C(=C)C)cc1. The van der Waals surface area contributed by atoms with Crippen molar-refractivity contribution in [1.29, 1.82) is 0 Å². The van der Waals surface area contributed by atoms with E-state index in [9.17, 15) is 19.2 Å². The van der Waals surface area contributed by atoms with Crippen LogP contribution in [0.4, 0.5) is 0 Å². The lowest BCUT2D eigenvalue weighted by Gasteiger charge is -2.16. The average Bonchev–Trinajstić information content (AvgIpc) is 3.01. The first kappa shape index (κ1) is 33.7. The van der Waals surface area contributed by atoms with Crippen LogP contribution in [0.1, 0.15) is 45.7 Å². The maximum atomic E-state index is 12.8. The summed E-state index contributed by atoms with van der Waals surface area (Å²) in [6.07, 6.45) is 5.08. The van der Waals surface area contributed by atoms with E-state index in [2.05, 4.69) is 19.7 Å². The van der Waals surface area contributed by atoms with Gasteiger partial charge < -0.3 is 18.9 Å². The van der Waals surface area contributed by atoms with Crippen LogP contribution in [0.3, 0.4) is 0 Å². The van der Waals surface area contributed by atoms with Gasteiger partial charge in [-0.1, -0.05) is 62.2 Å². The van der Waals surface area contributed by atoms with Crippen LogP contribution in [0.25, 0.3) is 23.3 Å². The lowest BCUT2D eigenvalue weighted by Crippen LogP contribution is -2.12. The van der Waals surface area contributed by atoms with Gasteiger partial charge in [0.05, 0.1) is 0 Å². The molecule has 0 atom stereocenters. The van der Waals surface area contributed by atoms with Gasteiger partial charge in [0.25, 0.3) is 0 Å². The normalized spacial score (nSPS) is 11.0. The second kappa shape index (κ2) is 15.1. The third-order valence-corrected chi connectivity index (χ3v) is 6.24. The van der Waals surface area contributed by atoms with Crippen LogP contribution < -0.4 is 18.9 Å². The molecule has 0 saturated heterocycles. The van der Waals surface area contributed by atoms with Gasteiger partial charge in [-0.15, -0.1) is 0 Å². The number of carbonyl (C=O) groups excluding carboxylic acids is 4. The van der Waals surface area contributed by atoms with Crippen molar-refractivity contribution < 1.29 is 38.1 Å². The third kappa shape index (κ3) is 9.36. The van der Waals surface area contributed by atoms with Gasteiger partial charge in [0.15, 0.2) is 0 Å². The fraction of sp³-hybridized carbons (Fsp3) is 0.135. The Morgan fingerprint density at radius 2 is 1.04 bits per heavy atom. The fourth-order valence-electron chi connectivity index (χ4n) is 3.51. The lowest BCUT2D eigenvalue weighted by molar-refractivity contribution is -0.131. The summed E-state index contributed by atoms with van der Waals surface area (Å²) in [5.41, 5.74) is 3.32. The van der Waals surface area contributed by atoms with Crippen molar-refractivity contribution in [2.75, 3.05) is 0 Å². The minimum atomic E-state index is -0.643. The topological polar surface area (TPSA) is 105 Å². The number of rotatable bonds is 11. The van der Waals surface area contributed by atoms with Crippen molar-refractivity contribution in [3.63, 3.8) is 0 Å². The van der Waals surface area contributed by atoms with Crippen LogP contribution in [-0.4, -0.2) is 23.9 Å². The highest BCUT2D eigenvalue weighted by atomic mass is 16.5. The summed E-state index contributed by atoms with van der Waals surface area (Å²) in [6.45, 7) is 18.8. The smallest absolute Gasteiger partial charge is 0.338 e. The van der Waals surface area contributed by atoms with E-state index >= 15 is 0 Å². The summed E-state index contributed by atoms with van der Waals surface area (Å²) in [4.78, 5) is 49.2. The molecule has 0 unspecified atom stereocenters. The van der Waals surface area contributed by atoms with E-state index in [1.54, 1.807) is 107 Å². The molecule has 0 bridgehead atoms. The second-order valence-electron chi connectivity index (χ2n) is 10.2. The summed E-state index contributed by atoms with van der Waals surface area (Å²) < 4.78 is 22.0. The van der Waals surface area contributed by atoms with E-state index in [0.29, 0.717) is 33.8 Å². The van der Waals surface area contributed by atoms with Crippen molar-refractivity contribution in [3.8, 4) is 34.1 Å². The number of hydrogen-bond acceptors (Lipinski definition) is 8. The third-order valence-electron chi connectivity index (χ3n) is 6.24. The molecule has 0 aromatic heterocycles. The molecule has 8 nitrogen and oxygen atoms in total. The second-order valence-corrected chi connectivity index (χ2v) is 10.2. The zero-order valence-electron chi connectivity index (χ0n) is 25.9. The van der Waals surface area contributed by atoms with E-state index in [1.165, 1.54) is 6.92 Å². The molecule has 0 spiro atoms. The van der Waals surface area contributed by atoms with Crippen molar-refractivity contribution in [3.05, 3.63) is 120 Å². The zero-order valence-corrected chi connectivity index (χ0v) is 25.9. The van der Waals surface area contributed by atoms with Crippen LogP contribution in [0.2, 0.25) is 0 Å². The Morgan fingerprint density at radius 3 is 1.53 bits per heavy atom. The Bertz CT molecular complexity index is 1740. The maximum absolute atomic E-state index is 12.8. The van der Waals surface area contributed by atoms with Crippen LogP contribution >= 0.6 is 0 Å². The van der Waals surface area contributed by atoms with Crippen LogP contribution in [0.15, 0.2) is 109 Å². The van der Waals surface area contributed by atoms with Crippen molar-refractivity contribution in [1.82, 2.24) is 0 Å². The maximum Gasteiger partial charge on any atom is 0.338 e. The van der Waals surface area contributed by atoms with E-state index in [4.69, 9.17) is 18.9 Å². The first-order chi connectivity index (χ1) is 21.3. The van der Waals surface area contributed by atoms with Crippen LogP contribution in [0, 0.1) is 0 Å². The Labute approximate surface area is 262 Å². The molecule has 0 aliphatic rings. The number of ether oxygens (including phenoxy) is 4. The zero-order chi connectivity index (χ0) is 33.3. The molecule has 0 aliphatic heterocycles. The van der Waals surface area contributed by atoms with Gasteiger partial charge in [-0.2, -0.15) is 0 Å². The monoisotopic (exact) mass is 606 g/mol. The molecule has 0 saturated carbocycles. The molecule has 8 heteroatoms. The molecule has 3 aromatic carbocycles. The predicted molar refractivity (Wildman–Crippen MR) is 174 cm³/mol. The van der Waals surface area contributed by atoms with Crippen molar-refractivity contribution in [2.45, 2.75) is 34.6 Å².